The van der Waals surface area contributed by atoms with E-state index in [1.54, 1.807) is 25.2 Å². The fraction of sp³-hybridized carbons (Fsp3) is 0.250. The quantitative estimate of drug-likeness (QED) is 0.357. The van der Waals surface area contributed by atoms with Gasteiger partial charge in [-0.05, 0) is 86.3 Å². The zero-order valence-electron chi connectivity index (χ0n) is 20.3. The number of aromatic nitrogens is 1. The molecule has 2 heterocycles. The lowest BCUT2D eigenvalue weighted by Gasteiger charge is -2.22. The molecule has 1 aliphatic heterocycles. The third-order valence-corrected chi connectivity index (χ3v) is 8.65. The highest BCUT2D eigenvalue weighted by Crippen LogP contribution is 2.39. The zero-order chi connectivity index (χ0) is 24.9. The molecular weight excluding hydrogens is 460 g/mol. The summed E-state index contributed by atoms with van der Waals surface area (Å²) in [4.78, 5) is 12.3. The lowest BCUT2D eigenvalue weighted by molar-refractivity contribution is 0.0601. The molecule has 1 aromatic heterocycles. The van der Waals surface area contributed by atoms with Gasteiger partial charge in [0.05, 0.1) is 23.3 Å². The van der Waals surface area contributed by atoms with E-state index in [9.17, 15) is 13.2 Å². The molecule has 6 nitrogen and oxygen atoms in total. The minimum Gasteiger partial charge on any atom is -0.465 e. The highest BCUT2D eigenvalue weighted by Gasteiger charge is 2.25. The zero-order valence-corrected chi connectivity index (χ0v) is 21.1. The molecular formula is C28H28N2O4S. The van der Waals surface area contributed by atoms with Gasteiger partial charge in [0.1, 0.15) is 0 Å². The topological polar surface area (TPSA) is 68.6 Å². The van der Waals surface area contributed by atoms with Crippen molar-refractivity contribution in [2.75, 3.05) is 18.5 Å². The van der Waals surface area contributed by atoms with E-state index in [2.05, 4.69) is 10.6 Å². The number of carbonyl (C=O) groups excluding carboxylic acids is 1. The third kappa shape index (κ3) is 3.90. The molecule has 4 aromatic rings. The molecule has 0 aliphatic carbocycles. The predicted octanol–water partition coefficient (Wildman–Crippen LogP) is 5.48. The summed E-state index contributed by atoms with van der Waals surface area (Å²) >= 11 is 0. The Hall–Kier alpha value is -3.58. The van der Waals surface area contributed by atoms with E-state index < -0.39 is 10.0 Å². The molecule has 5 rings (SSSR count). The molecule has 3 aromatic carbocycles. The predicted molar refractivity (Wildman–Crippen MR) is 139 cm³/mol. The first kappa shape index (κ1) is 23.2. The van der Waals surface area contributed by atoms with Crippen LogP contribution in [0.3, 0.4) is 0 Å². The average Bonchev–Trinajstić information content (AvgIpc) is 3.09. The summed E-state index contributed by atoms with van der Waals surface area (Å²) in [6.07, 6.45) is 1.78. The van der Waals surface area contributed by atoms with Crippen LogP contribution in [0, 0.1) is 13.8 Å². The maximum atomic E-state index is 13.3. The van der Waals surface area contributed by atoms with E-state index in [4.69, 9.17) is 4.74 Å². The van der Waals surface area contributed by atoms with Gasteiger partial charge in [-0.3, -0.25) is 4.31 Å². The molecule has 35 heavy (non-hydrogen) atoms. The van der Waals surface area contributed by atoms with Crippen molar-refractivity contribution in [2.45, 2.75) is 38.1 Å². The van der Waals surface area contributed by atoms with Crippen LogP contribution >= 0.6 is 0 Å². The van der Waals surface area contributed by atoms with Crippen LogP contribution in [0.5, 0.6) is 0 Å². The summed E-state index contributed by atoms with van der Waals surface area (Å²) in [7, 11) is -0.680. The minimum absolute atomic E-state index is 0.278. The smallest absolute Gasteiger partial charge is 0.337 e. The van der Waals surface area contributed by atoms with Crippen LogP contribution in [0.2, 0.25) is 0 Å². The molecule has 0 saturated carbocycles. The maximum Gasteiger partial charge on any atom is 0.337 e. The first-order valence-electron chi connectivity index (χ1n) is 11.6. The fourth-order valence-electron chi connectivity index (χ4n) is 4.98. The van der Waals surface area contributed by atoms with Gasteiger partial charge in [0, 0.05) is 35.8 Å². The Morgan fingerprint density at radius 2 is 1.74 bits per heavy atom. The van der Waals surface area contributed by atoms with Crippen LogP contribution < -0.4 is 4.31 Å². The van der Waals surface area contributed by atoms with Crippen LogP contribution in [-0.2, 0) is 27.7 Å². The number of fused-ring (bicyclic) bond motifs is 5. The second kappa shape index (κ2) is 8.57. The lowest BCUT2D eigenvalue weighted by atomic mass is 9.96. The standard InChI is InChI=1S/C28H28N2O4S/c1-18-7-10-24(11-8-18)35(32,33)29(3)23-14-19(2)27-20(16-23)6-5-13-30-25-12-9-21(28(31)34-4)15-22(25)17-26(27)30/h7-12,14-17H,5-6,13H2,1-4H3. The number of ether oxygens (including phenoxy) is 1. The fourth-order valence-corrected chi connectivity index (χ4v) is 6.16. The number of hydrogen-bond acceptors (Lipinski definition) is 4. The van der Waals surface area contributed by atoms with Gasteiger partial charge in [-0.1, -0.05) is 17.7 Å². The Bertz CT molecular complexity index is 1570. The molecule has 180 valence electrons. The van der Waals surface area contributed by atoms with Crippen LogP contribution in [0.25, 0.3) is 22.2 Å². The molecule has 0 unspecified atom stereocenters. The number of benzene rings is 3. The highest BCUT2D eigenvalue weighted by molar-refractivity contribution is 7.92. The van der Waals surface area contributed by atoms with Crippen molar-refractivity contribution in [2.24, 2.45) is 0 Å². The van der Waals surface area contributed by atoms with E-state index in [0.717, 1.165) is 58.2 Å². The molecule has 0 atom stereocenters. The number of anilines is 1. The third-order valence-electron chi connectivity index (χ3n) is 6.85. The van der Waals surface area contributed by atoms with Crippen molar-refractivity contribution < 1.29 is 17.9 Å². The first-order valence-corrected chi connectivity index (χ1v) is 13.1. The van der Waals surface area contributed by atoms with E-state index in [0.29, 0.717) is 11.3 Å². The number of carbonyl (C=O) groups is 1. The Morgan fingerprint density at radius 1 is 1.00 bits per heavy atom. The van der Waals surface area contributed by atoms with E-state index in [1.165, 1.54) is 11.4 Å². The summed E-state index contributed by atoms with van der Waals surface area (Å²) in [6.45, 7) is 4.81. The van der Waals surface area contributed by atoms with Crippen molar-refractivity contribution in [1.29, 1.82) is 0 Å². The molecule has 0 N–H and O–H groups in total. The number of esters is 1. The van der Waals surface area contributed by atoms with Crippen LogP contribution in [0.4, 0.5) is 5.69 Å². The normalized spacial score (nSPS) is 13.1. The van der Waals surface area contributed by atoms with Crippen molar-refractivity contribution in [1.82, 2.24) is 4.57 Å². The number of hydrogen-bond donors (Lipinski definition) is 0. The van der Waals surface area contributed by atoms with Gasteiger partial charge in [-0.15, -0.1) is 0 Å². The van der Waals surface area contributed by atoms with Gasteiger partial charge in [0.15, 0.2) is 0 Å². The summed E-state index contributed by atoms with van der Waals surface area (Å²) in [5, 5.41) is 0.985. The van der Waals surface area contributed by atoms with Gasteiger partial charge in [-0.2, -0.15) is 0 Å². The Morgan fingerprint density at radius 3 is 2.46 bits per heavy atom. The maximum absolute atomic E-state index is 13.3. The van der Waals surface area contributed by atoms with Crippen molar-refractivity contribution in [3.8, 4) is 11.3 Å². The van der Waals surface area contributed by atoms with Gasteiger partial charge in [0.25, 0.3) is 10.0 Å². The van der Waals surface area contributed by atoms with E-state index >= 15 is 0 Å². The monoisotopic (exact) mass is 488 g/mol. The number of nitrogens with zero attached hydrogens (tertiary/aromatic N) is 2. The molecule has 0 fully saturated rings. The summed E-state index contributed by atoms with van der Waals surface area (Å²) in [5.74, 6) is -0.354. The number of sulfonamides is 1. The number of rotatable bonds is 4. The first-order chi connectivity index (χ1) is 16.7. The van der Waals surface area contributed by atoms with Gasteiger partial charge in [-0.25, -0.2) is 13.2 Å². The van der Waals surface area contributed by atoms with Gasteiger partial charge in [0.2, 0.25) is 0 Å². The highest BCUT2D eigenvalue weighted by atomic mass is 32.2. The van der Waals surface area contributed by atoms with Crippen molar-refractivity contribution in [3.05, 3.63) is 82.9 Å². The minimum atomic E-state index is -3.67. The number of methoxy groups -OCH3 is 1. The second-order valence-corrected chi connectivity index (χ2v) is 11.1. The second-order valence-electron chi connectivity index (χ2n) is 9.13. The largest absolute Gasteiger partial charge is 0.465 e. The molecule has 0 spiro atoms. The van der Waals surface area contributed by atoms with E-state index in [-0.39, 0.29) is 10.9 Å². The Labute approximate surface area is 205 Å². The number of aryl methyl sites for hydroxylation is 4. The van der Waals surface area contributed by atoms with Crippen LogP contribution in [-0.4, -0.2) is 33.1 Å². The Balaban J connectivity index is 1.60. The molecule has 0 amide bonds. The molecule has 0 saturated heterocycles. The SMILES string of the molecule is COC(=O)c1ccc2c(c1)cc1n2CCCc2cc(N(C)S(=O)(=O)c3ccc(C)cc3)cc(C)c2-1. The Kier molecular flexibility index (Phi) is 5.68. The van der Waals surface area contributed by atoms with Gasteiger partial charge >= 0.3 is 5.97 Å². The van der Waals surface area contributed by atoms with Crippen LogP contribution in [0.15, 0.2) is 65.6 Å². The van der Waals surface area contributed by atoms with Crippen LogP contribution in [0.1, 0.15) is 33.5 Å². The van der Waals surface area contributed by atoms with Crippen molar-refractivity contribution >= 4 is 32.6 Å². The summed E-state index contributed by atoms with van der Waals surface area (Å²) < 4.78 is 35.2. The molecule has 0 radical (unpaired) electrons. The molecule has 7 heteroatoms. The lowest BCUT2D eigenvalue weighted by Crippen LogP contribution is -2.26. The summed E-state index contributed by atoms with van der Waals surface area (Å²) in [5.41, 5.74) is 7.62. The molecule has 1 aliphatic rings. The van der Waals surface area contributed by atoms with E-state index in [1.807, 2.05) is 50.2 Å². The van der Waals surface area contributed by atoms with Gasteiger partial charge < -0.3 is 9.30 Å². The summed E-state index contributed by atoms with van der Waals surface area (Å²) in [6, 6.07) is 18.6. The molecule has 0 bridgehead atoms. The average molecular weight is 489 g/mol. The van der Waals surface area contributed by atoms with Crippen molar-refractivity contribution in [3.63, 3.8) is 0 Å².